The fraction of sp³-hybridized carbons (Fsp3) is 0.480. The SMILES string of the molecule is CC(Cc1cc(C#N)c2c(c1)CCN2)NCCOc1ccccc1OCC(F)(F)F.CCCO. The Kier molecular flexibility index (Phi) is 11.0. The minimum Gasteiger partial charge on any atom is -0.488 e. The minimum absolute atomic E-state index is 0.0682. The highest BCUT2D eigenvalue weighted by Gasteiger charge is 2.29. The second-order valence-corrected chi connectivity index (χ2v) is 7.95. The Morgan fingerprint density at radius 3 is 2.50 bits per heavy atom. The van der Waals surface area contributed by atoms with Gasteiger partial charge in [-0.15, -0.1) is 0 Å². The van der Waals surface area contributed by atoms with Crippen LogP contribution < -0.4 is 20.1 Å². The number of nitriles is 1. The third-order valence-corrected chi connectivity index (χ3v) is 4.95. The van der Waals surface area contributed by atoms with Crippen molar-refractivity contribution in [2.45, 2.75) is 45.3 Å². The first-order valence-electron chi connectivity index (χ1n) is 11.3. The largest absolute Gasteiger partial charge is 0.488 e. The number of anilines is 1. The summed E-state index contributed by atoms with van der Waals surface area (Å²) in [6, 6.07) is 12.8. The Balaban J connectivity index is 0.000000945. The molecule has 1 unspecified atom stereocenters. The number of ether oxygens (including phenoxy) is 2. The smallest absolute Gasteiger partial charge is 0.422 e. The number of alkyl halides is 3. The second kappa shape index (κ2) is 13.7. The fourth-order valence-electron chi connectivity index (χ4n) is 3.44. The molecule has 0 saturated carbocycles. The van der Waals surface area contributed by atoms with Crippen LogP contribution in [0.3, 0.4) is 0 Å². The van der Waals surface area contributed by atoms with Crippen molar-refractivity contribution in [3.8, 4) is 17.6 Å². The number of rotatable bonds is 10. The van der Waals surface area contributed by atoms with Crippen molar-refractivity contribution in [2.75, 3.05) is 38.2 Å². The van der Waals surface area contributed by atoms with Crippen LogP contribution in [0.2, 0.25) is 0 Å². The summed E-state index contributed by atoms with van der Waals surface area (Å²) in [5.74, 6) is 0.347. The third kappa shape index (κ3) is 9.12. The lowest BCUT2D eigenvalue weighted by atomic mass is 9.99. The molecule has 0 bridgehead atoms. The van der Waals surface area contributed by atoms with Crippen molar-refractivity contribution in [1.82, 2.24) is 5.32 Å². The van der Waals surface area contributed by atoms with Crippen LogP contribution in [0.1, 0.15) is 37.0 Å². The van der Waals surface area contributed by atoms with Crippen molar-refractivity contribution in [3.05, 3.63) is 53.1 Å². The number of hydrogen-bond acceptors (Lipinski definition) is 6. The lowest BCUT2D eigenvalue weighted by Crippen LogP contribution is -2.32. The molecule has 186 valence electrons. The van der Waals surface area contributed by atoms with Gasteiger partial charge in [0.1, 0.15) is 12.7 Å². The second-order valence-electron chi connectivity index (χ2n) is 7.95. The number of aliphatic hydroxyl groups is 1. The van der Waals surface area contributed by atoms with E-state index in [0.717, 1.165) is 37.1 Å². The van der Waals surface area contributed by atoms with Gasteiger partial charge in [-0.2, -0.15) is 18.4 Å². The van der Waals surface area contributed by atoms with Gasteiger partial charge < -0.3 is 25.2 Å². The predicted octanol–water partition coefficient (Wildman–Crippen LogP) is 4.46. The molecule has 1 aliphatic heterocycles. The summed E-state index contributed by atoms with van der Waals surface area (Å²) in [6.45, 7) is 4.59. The van der Waals surface area contributed by atoms with Gasteiger partial charge in [-0.05, 0) is 55.5 Å². The first kappa shape index (κ1) is 27.3. The zero-order valence-corrected chi connectivity index (χ0v) is 19.5. The molecule has 0 fully saturated rings. The van der Waals surface area contributed by atoms with Crippen molar-refractivity contribution in [3.63, 3.8) is 0 Å². The molecule has 0 radical (unpaired) electrons. The quantitative estimate of drug-likeness (QED) is 0.437. The van der Waals surface area contributed by atoms with E-state index >= 15 is 0 Å². The van der Waals surface area contributed by atoms with Gasteiger partial charge in [0.2, 0.25) is 0 Å². The third-order valence-electron chi connectivity index (χ3n) is 4.95. The number of benzene rings is 2. The van der Waals surface area contributed by atoms with Crippen molar-refractivity contribution in [2.24, 2.45) is 0 Å². The normalized spacial score (nSPS) is 13.1. The van der Waals surface area contributed by atoms with Gasteiger partial charge in [0, 0.05) is 25.7 Å². The van der Waals surface area contributed by atoms with Gasteiger partial charge >= 0.3 is 6.18 Å². The summed E-state index contributed by atoms with van der Waals surface area (Å²) < 4.78 is 47.5. The molecule has 2 aromatic rings. The van der Waals surface area contributed by atoms with Gasteiger partial charge in [-0.25, -0.2) is 0 Å². The maximum atomic E-state index is 12.4. The molecule has 1 aliphatic rings. The minimum atomic E-state index is -4.40. The van der Waals surface area contributed by atoms with E-state index < -0.39 is 12.8 Å². The Morgan fingerprint density at radius 2 is 1.88 bits per heavy atom. The van der Waals surface area contributed by atoms with Crippen LogP contribution in [-0.4, -0.2) is 50.2 Å². The average molecular weight is 480 g/mol. The molecule has 34 heavy (non-hydrogen) atoms. The summed E-state index contributed by atoms with van der Waals surface area (Å²) in [5.41, 5.74) is 3.89. The van der Waals surface area contributed by atoms with E-state index in [0.29, 0.717) is 18.7 Å². The van der Waals surface area contributed by atoms with Crippen LogP contribution in [0.25, 0.3) is 0 Å². The molecular formula is C25H32F3N3O3. The molecule has 3 rings (SSSR count). The molecule has 0 saturated heterocycles. The van der Waals surface area contributed by atoms with Crippen LogP contribution in [0.15, 0.2) is 36.4 Å². The Bertz CT molecular complexity index is 943. The molecule has 0 amide bonds. The topological polar surface area (TPSA) is 86.5 Å². The Hall–Kier alpha value is -2.96. The number of para-hydroxylation sites is 2. The number of aliphatic hydroxyl groups excluding tert-OH is 1. The first-order valence-corrected chi connectivity index (χ1v) is 11.3. The summed E-state index contributed by atoms with van der Waals surface area (Å²) in [5, 5.41) is 23.8. The maximum absolute atomic E-state index is 12.4. The molecule has 9 heteroatoms. The molecule has 0 spiro atoms. The van der Waals surface area contributed by atoms with E-state index in [1.165, 1.54) is 11.6 Å². The molecule has 0 aliphatic carbocycles. The van der Waals surface area contributed by atoms with E-state index in [4.69, 9.17) is 14.6 Å². The van der Waals surface area contributed by atoms with Gasteiger partial charge in [0.15, 0.2) is 18.1 Å². The first-order chi connectivity index (χ1) is 16.3. The highest BCUT2D eigenvalue weighted by atomic mass is 19.4. The summed E-state index contributed by atoms with van der Waals surface area (Å²) >= 11 is 0. The van der Waals surface area contributed by atoms with Crippen LogP contribution in [0.5, 0.6) is 11.5 Å². The number of halogens is 3. The molecule has 3 N–H and O–H groups in total. The fourth-order valence-corrected chi connectivity index (χ4v) is 3.44. The van der Waals surface area contributed by atoms with Gasteiger partial charge in [-0.1, -0.05) is 25.1 Å². The number of fused-ring (bicyclic) bond motifs is 1. The lowest BCUT2D eigenvalue weighted by Gasteiger charge is -2.17. The maximum Gasteiger partial charge on any atom is 0.422 e. The zero-order chi connectivity index (χ0) is 25.0. The van der Waals surface area contributed by atoms with E-state index in [-0.39, 0.29) is 24.1 Å². The van der Waals surface area contributed by atoms with Gasteiger partial charge in [0.05, 0.1) is 11.3 Å². The molecule has 1 atom stereocenters. The lowest BCUT2D eigenvalue weighted by molar-refractivity contribution is -0.153. The monoisotopic (exact) mass is 479 g/mol. The molecule has 1 heterocycles. The highest BCUT2D eigenvalue weighted by molar-refractivity contribution is 5.66. The van der Waals surface area contributed by atoms with E-state index in [1.807, 2.05) is 19.9 Å². The number of nitrogens with one attached hydrogen (secondary N) is 2. The van der Waals surface area contributed by atoms with Crippen molar-refractivity contribution >= 4 is 5.69 Å². The Labute approximate surface area is 198 Å². The highest BCUT2D eigenvalue weighted by Crippen LogP contribution is 2.29. The van der Waals surface area contributed by atoms with Crippen molar-refractivity contribution in [1.29, 1.82) is 5.26 Å². The Morgan fingerprint density at radius 1 is 1.21 bits per heavy atom. The van der Waals surface area contributed by atoms with Crippen LogP contribution in [-0.2, 0) is 12.8 Å². The summed E-state index contributed by atoms with van der Waals surface area (Å²) in [6.07, 6.45) is -1.85. The predicted molar refractivity (Wildman–Crippen MR) is 125 cm³/mol. The number of nitrogens with zero attached hydrogens (tertiary/aromatic N) is 1. The van der Waals surface area contributed by atoms with Crippen LogP contribution in [0.4, 0.5) is 18.9 Å². The van der Waals surface area contributed by atoms with Gasteiger partial charge in [-0.3, -0.25) is 0 Å². The van der Waals surface area contributed by atoms with E-state index in [2.05, 4.69) is 22.8 Å². The zero-order valence-electron chi connectivity index (χ0n) is 19.5. The van der Waals surface area contributed by atoms with E-state index in [9.17, 15) is 18.4 Å². The van der Waals surface area contributed by atoms with Crippen LogP contribution in [0, 0.1) is 11.3 Å². The summed E-state index contributed by atoms with van der Waals surface area (Å²) in [4.78, 5) is 0. The molecule has 6 nitrogen and oxygen atoms in total. The molecular weight excluding hydrogens is 447 g/mol. The van der Waals surface area contributed by atoms with Crippen LogP contribution >= 0.6 is 0 Å². The molecule has 2 aromatic carbocycles. The van der Waals surface area contributed by atoms with Gasteiger partial charge in [0.25, 0.3) is 0 Å². The van der Waals surface area contributed by atoms with Crippen molar-refractivity contribution < 1.29 is 27.8 Å². The summed E-state index contributed by atoms with van der Waals surface area (Å²) in [7, 11) is 0. The average Bonchev–Trinajstić information content (AvgIpc) is 3.29. The van der Waals surface area contributed by atoms with E-state index in [1.54, 1.807) is 18.2 Å². The number of hydrogen-bond donors (Lipinski definition) is 3. The standard InChI is InChI=1S/C22H24F3N3O2.C3H8O/c1-15(10-16-11-17-6-7-28-21(17)18(12-16)13-26)27-8-9-29-19-4-2-3-5-20(19)30-14-22(23,24)25;1-2-3-4/h2-5,11-12,15,27-28H,6-10,14H2,1H3;4H,2-3H2,1H3. The molecule has 0 aromatic heterocycles.